The molecule has 5 heteroatoms. The van der Waals surface area contributed by atoms with Crippen molar-refractivity contribution < 1.29 is 9.53 Å². The Hall–Kier alpha value is -1.82. The van der Waals surface area contributed by atoms with Crippen LogP contribution in [0, 0.1) is 0 Å². The van der Waals surface area contributed by atoms with E-state index in [2.05, 4.69) is 34.9 Å². The predicted octanol–water partition coefficient (Wildman–Crippen LogP) is 2.83. The summed E-state index contributed by atoms with van der Waals surface area (Å²) in [4.78, 5) is 14.5. The summed E-state index contributed by atoms with van der Waals surface area (Å²) in [5, 5.41) is 6.33. The number of carbonyl (C=O) groups excluding carboxylic acids is 1. The Morgan fingerprint density at radius 1 is 1.17 bits per heavy atom. The molecule has 1 saturated heterocycles. The van der Waals surface area contributed by atoms with Gasteiger partial charge in [0.1, 0.15) is 0 Å². The summed E-state index contributed by atoms with van der Waals surface area (Å²) in [6.07, 6.45) is 0.452. The van der Waals surface area contributed by atoms with E-state index in [0.29, 0.717) is 19.6 Å². The molecule has 1 amide bonds. The number of hydrogen-bond donors (Lipinski definition) is 2. The van der Waals surface area contributed by atoms with Crippen LogP contribution in [-0.4, -0.2) is 31.7 Å². The van der Waals surface area contributed by atoms with Crippen molar-refractivity contribution in [1.29, 1.82) is 0 Å². The van der Waals surface area contributed by atoms with E-state index in [0.717, 1.165) is 18.7 Å². The highest BCUT2D eigenvalue weighted by Crippen LogP contribution is 2.30. The summed E-state index contributed by atoms with van der Waals surface area (Å²) in [5.41, 5.74) is 1.13. The fourth-order valence-corrected chi connectivity index (χ4v) is 3.57. The second-order valence-electron chi connectivity index (χ2n) is 5.73. The lowest BCUT2D eigenvalue weighted by atomic mass is 10.2. The number of carbonyl (C=O) groups is 1. The van der Waals surface area contributed by atoms with Crippen molar-refractivity contribution in [2.75, 3.05) is 19.8 Å². The third-order valence-electron chi connectivity index (χ3n) is 3.85. The molecule has 0 saturated carbocycles. The van der Waals surface area contributed by atoms with Gasteiger partial charge in [0.15, 0.2) is 0 Å². The van der Waals surface area contributed by atoms with Crippen LogP contribution in [0.15, 0.2) is 64.4 Å². The van der Waals surface area contributed by atoms with E-state index in [4.69, 9.17) is 4.74 Å². The van der Waals surface area contributed by atoms with E-state index in [9.17, 15) is 4.79 Å². The van der Waals surface area contributed by atoms with E-state index < -0.39 is 0 Å². The zero-order chi connectivity index (χ0) is 16.6. The quantitative estimate of drug-likeness (QED) is 0.848. The van der Waals surface area contributed by atoms with Crippen LogP contribution in [-0.2, 0) is 16.1 Å². The molecule has 1 aliphatic heterocycles. The van der Waals surface area contributed by atoms with E-state index >= 15 is 0 Å². The number of benzene rings is 2. The molecule has 0 radical (unpaired) electrons. The average molecular weight is 342 g/mol. The molecular formula is C19H22N2O2S. The van der Waals surface area contributed by atoms with Gasteiger partial charge in [-0.15, -0.1) is 0 Å². The molecule has 2 aromatic carbocycles. The standard InChI is InChI=1S/C19H22N2O2S/c22-19(12-16-14-23-11-10-20-16)21-13-15-6-4-5-9-18(15)24-17-7-2-1-3-8-17/h1-9,16,20H,10-14H2,(H,21,22). The van der Waals surface area contributed by atoms with E-state index in [-0.39, 0.29) is 11.9 Å². The van der Waals surface area contributed by atoms with Crippen molar-refractivity contribution in [2.45, 2.75) is 28.8 Å². The Kier molecular flexibility index (Phi) is 6.29. The number of hydrogen-bond acceptors (Lipinski definition) is 4. The minimum absolute atomic E-state index is 0.0533. The van der Waals surface area contributed by atoms with Crippen LogP contribution >= 0.6 is 11.8 Å². The third-order valence-corrected chi connectivity index (χ3v) is 4.98. The van der Waals surface area contributed by atoms with E-state index in [1.165, 1.54) is 9.79 Å². The van der Waals surface area contributed by atoms with Crippen molar-refractivity contribution in [2.24, 2.45) is 0 Å². The molecule has 2 N–H and O–H groups in total. The summed E-state index contributed by atoms with van der Waals surface area (Å²) in [6.45, 7) is 2.69. The number of rotatable bonds is 6. The molecule has 3 rings (SSSR count). The minimum atomic E-state index is 0.0533. The zero-order valence-corrected chi connectivity index (χ0v) is 14.4. The first-order valence-corrected chi connectivity index (χ1v) is 9.01. The SMILES string of the molecule is O=C(CC1COCCN1)NCc1ccccc1Sc1ccccc1. The van der Waals surface area contributed by atoms with Gasteiger partial charge in [-0.1, -0.05) is 48.2 Å². The molecular weight excluding hydrogens is 320 g/mol. The smallest absolute Gasteiger partial charge is 0.221 e. The molecule has 0 aromatic heterocycles. The van der Waals surface area contributed by atoms with Gasteiger partial charge in [-0.3, -0.25) is 4.79 Å². The number of ether oxygens (including phenoxy) is 1. The Labute approximate surface area is 147 Å². The molecule has 4 nitrogen and oxygen atoms in total. The average Bonchev–Trinajstić information content (AvgIpc) is 2.63. The van der Waals surface area contributed by atoms with Gasteiger partial charge in [0, 0.05) is 35.3 Å². The minimum Gasteiger partial charge on any atom is -0.378 e. The molecule has 1 heterocycles. The largest absolute Gasteiger partial charge is 0.378 e. The van der Waals surface area contributed by atoms with Crippen LogP contribution in [0.4, 0.5) is 0 Å². The third kappa shape index (κ3) is 5.09. The molecule has 1 atom stereocenters. The van der Waals surface area contributed by atoms with Crippen LogP contribution in [0.2, 0.25) is 0 Å². The van der Waals surface area contributed by atoms with Crippen molar-refractivity contribution >= 4 is 17.7 Å². The van der Waals surface area contributed by atoms with Crippen molar-refractivity contribution in [3.8, 4) is 0 Å². The van der Waals surface area contributed by atoms with E-state index in [1.807, 2.05) is 30.3 Å². The Balaban J connectivity index is 1.55. The second kappa shape index (κ2) is 8.87. The van der Waals surface area contributed by atoms with Crippen molar-refractivity contribution in [3.63, 3.8) is 0 Å². The van der Waals surface area contributed by atoms with Gasteiger partial charge in [0.2, 0.25) is 5.91 Å². The molecule has 2 aromatic rings. The molecule has 1 aliphatic rings. The monoisotopic (exact) mass is 342 g/mol. The summed E-state index contributed by atoms with van der Waals surface area (Å²) in [6, 6.07) is 18.6. The van der Waals surface area contributed by atoms with Crippen LogP contribution in [0.25, 0.3) is 0 Å². The van der Waals surface area contributed by atoms with Gasteiger partial charge >= 0.3 is 0 Å². The Bertz CT molecular complexity index is 657. The van der Waals surface area contributed by atoms with Crippen molar-refractivity contribution in [3.05, 3.63) is 60.2 Å². The zero-order valence-electron chi connectivity index (χ0n) is 13.5. The molecule has 0 spiro atoms. The van der Waals surface area contributed by atoms with Crippen LogP contribution in [0.1, 0.15) is 12.0 Å². The molecule has 0 aliphatic carbocycles. The fourth-order valence-electron chi connectivity index (χ4n) is 2.61. The van der Waals surface area contributed by atoms with Crippen LogP contribution in [0.3, 0.4) is 0 Å². The van der Waals surface area contributed by atoms with Gasteiger partial charge in [-0.2, -0.15) is 0 Å². The molecule has 1 unspecified atom stereocenters. The Morgan fingerprint density at radius 3 is 2.75 bits per heavy atom. The van der Waals surface area contributed by atoms with Gasteiger partial charge in [-0.25, -0.2) is 0 Å². The second-order valence-corrected chi connectivity index (χ2v) is 6.85. The molecule has 1 fully saturated rings. The van der Waals surface area contributed by atoms with Crippen LogP contribution in [0.5, 0.6) is 0 Å². The van der Waals surface area contributed by atoms with Gasteiger partial charge in [0.25, 0.3) is 0 Å². The summed E-state index contributed by atoms with van der Waals surface area (Å²) in [5.74, 6) is 0.0533. The molecule has 126 valence electrons. The van der Waals surface area contributed by atoms with Gasteiger partial charge in [-0.05, 0) is 23.8 Å². The maximum atomic E-state index is 12.1. The Morgan fingerprint density at radius 2 is 1.96 bits per heavy atom. The lowest BCUT2D eigenvalue weighted by molar-refractivity contribution is -0.122. The number of nitrogens with one attached hydrogen (secondary N) is 2. The lowest BCUT2D eigenvalue weighted by Gasteiger charge is -2.23. The first-order valence-electron chi connectivity index (χ1n) is 8.20. The first-order chi connectivity index (χ1) is 11.8. The van der Waals surface area contributed by atoms with Gasteiger partial charge in [0.05, 0.1) is 13.2 Å². The highest BCUT2D eigenvalue weighted by Gasteiger charge is 2.16. The predicted molar refractivity (Wildman–Crippen MR) is 96.1 cm³/mol. The summed E-state index contributed by atoms with van der Waals surface area (Å²) < 4.78 is 5.39. The maximum absolute atomic E-state index is 12.1. The first kappa shape index (κ1) is 17.0. The van der Waals surface area contributed by atoms with E-state index in [1.54, 1.807) is 11.8 Å². The van der Waals surface area contributed by atoms with Crippen molar-refractivity contribution in [1.82, 2.24) is 10.6 Å². The summed E-state index contributed by atoms with van der Waals surface area (Å²) >= 11 is 1.72. The lowest BCUT2D eigenvalue weighted by Crippen LogP contribution is -2.44. The fraction of sp³-hybridized carbons (Fsp3) is 0.316. The highest BCUT2D eigenvalue weighted by atomic mass is 32.2. The maximum Gasteiger partial charge on any atom is 0.221 e. The topological polar surface area (TPSA) is 50.4 Å². The van der Waals surface area contributed by atoms with Crippen LogP contribution < -0.4 is 10.6 Å². The van der Waals surface area contributed by atoms with Gasteiger partial charge < -0.3 is 15.4 Å². The summed E-state index contributed by atoms with van der Waals surface area (Å²) in [7, 11) is 0. The molecule has 0 bridgehead atoms. The normalized spacial score (nSPS) is 17.4. The number of morpholine rings is 1. The molecule has 24 heavy (non-hydrogen) atoms. The number of amides is 1. The highest BCUT2D eigenvalue weighted by molar-refractivity contribution is 7.99.